The molecule has 0 aliphatic heterocycles. The Morgan fingerprint density at radius 1 is 0.431 bits per heavy atom. The summed E-state index contributed by atoms with van der Waals surface area (Å²) < 4.78 is 117. The van der Waals surface area contributed by atoms with Crippen LogP contribution in [-0.4, -0.2) is 47.6 Å². The number of sulfonamides is 4. The summed E-state index contributed by atoms with van der Waals surface area (Å²) >= 11 is 6.18. The van der Waals surface area contributed by atoms with Gasteiger partial charge in [-0.1, -0.05) is 102 Å². The minimum atomic E-state index is -5.07. The van der Waals surface area contributed by atoms with E-state index in [4.69, 9.17) is 11.6 Å². The highest BCUT2D eigenvalue weighted by Crippen LogP contribution is 2.38. The van der Waals surface area contributed by atoms with Crippen molar-refractivity contribution < 1.29 is 33.7 Å². The third-order valence-corrected chi connectivity index (χ3v) is 17.0. The first-order valence-electron chi connectivity index (χ1n) is 15.4. The van der Waals surface area contributed by atoms with Crippen LogP contribution in [0.3, 0.4) is 0 Å². The lowest BCUT2D eigenvalue weighted by Crippen LogP contribution is -2.47. The molecule has 268 valence electrons. The molecule has 1 unspecified atom stereocenters. The van der Waals surface area contributed by atoms with E-state index in [-0.39, 0.29) is 18.0 Å². The maximum Gasteiger partial charge on any atom is 0.256 e. The Balaban J connectivity index is 1.85. The van der Waals surface area contributed by atoms with Crippen LogP contribution in [0.5, 0.6) is 0 Å². The molecule has 0 spiro atoms. The van der Waals surface area contributed by atoms with Gasteiger partial charge in [-0.3, -0.25) is 0 Å². The first-order valence-corrected chi connectivity index (χ1v) is 21.6. The second kappa shape index (κ2) is 14.6. The van der Waals surface area contributed by atoms with Gasteiger partial charge in [0, 0.05) is 5.02 Å². The lowest BCUT2D eigenvalue weighted by atomic mass is 10.1. The predicted molar refractivity (Wildman–Crippen MR) is 196 cm³/mol. The molecule has 0 aromatic heterocycles. The molecular formula is C36H35ClN2O8S4. The summed E-state index contributed by atoms with van der Waals surface area (Å²) in [5, 5.41) is 0.211. The highest BCUT2D eigenvalue weighted by molar-refractivity contribution is 8.04. The molecule has 0 heterocycles. The van der Waals surface area contributed by atoms with Crippen LogP contribution < -0.4 is 0 Å². The van der Waals surface area contributed by atoms with E-state index < -0.39 is 72.3 Å². The molecule has 5 aromatic rings. The van der Waals surface area contributed by atoms with Gasteiger partial charge in [0.1, 0.15) is 0 Å². The van der Waals surface area contributed by atoms with Gasteiger partial charge in [0.15, 0.2) is 0 Å². The lowest BCUT2D eigenvalue weighted by Gasteiger charge is -2.34. The second-order valence-electron chi connectivity index (χ2n) is 12.0. The predicted octanol–water partition coefficient (Wildman–Crippen LogP) is 6.77. The Morgan fingerprint density at radius 2 is 0.706 bits per heavy atom. The smallest absolute Gasteiger partial charge is 0.206 e. The van der Waals surface area contributed by atoms with Gasteiger partial charge in [-0.25, -0.2) is 33.7 Å². The molecule has 10 nitrogen and oxygen atoms in total. The average Bonchev–Trinajstić information content (AvgIpc) is 3.07. The third-order valence-electron chi connectivity index (χ3n) is 8.12. The molecular weight excluding hydrogens is 752 g/mol. The number of rotatable bonds is 12. The van der Waals surface area contributed by atoms with Gasteiger partial charge in [0.25, 0.3) is 40.1 Å². The van der Waals surface area contributed by atoms with Gasteiger partial charge >= 0.3 is 0 Å². The fourth-order valence-corrected chi connectivity index (χ4v) is 12.9. The molecule has 5 aromatic carbocycles. The van der Waals surface area contributed by atoms with Crippen molar-refractivity contribution in [3.63, 3.8) is 0 Å². The molecule has 0 radical (unpaired) electrons. The van der Waals surface area contributed by atoms with Crippen LogP contribution in [0.4, 0.5) is 0 Å². The Kier molecular flexibility index (Phi) is 11.0. The van der Waals surface area contributed by atoms with Crippen LogP contribution in [-0.2, 0) is 40.1 Å². The maximum atomic E-state index is 14.7. The number of aryl methyl sites for hydroxylation is 4. The van der Waals surface area contributed by atoms with Crippen molar-refractivity contribution >= 4 is 51.7 Å². The van der Waals surface area contributed by atoms with Crippen LogP contribution in [0.15, 0.2) is 141 Å². The Labute approximate surface area is 305 Å². The average molecular weight is 787 g/mol. The van der Waals surface area contributed by atoms with E-state index in [2.05, 4.69) is 0 Å². The lowest BCUT2D eigenvalue weighted by molar-refractivity contribution is 0.383. The molecule has 5 rings (SSSR count). The van der Waals surface area contributed by atoms with E-state index in [1.54, 1.807) is 27.7 Å². The monoisotopic (exact) mass is 786 g/mol. The van der Waals surface area contributed by atoms with Gasteiger partial charge in [0.2, 0.25) is 0 Å². The zero-order chi connectivity index (χ0) is 37.4. The van der Waals surface area contributed by atoms with E-state index >= 15 is 0 Å². The molecule has 15 heteroatoms. The largest absolute Gasteiger partial charge is 0.256 e. The van der Waals surface area contributed by atoms with Crippen molar-refractivity contribution in [3.8, 4) is 0 Å². The summed E-state index contributed by atoms with van der Waals surface area (Å²) in [5.74, 6) is 0. The number of benzene rings is 5. The second-order valence-corrected chi connectivity index (χ2v) is 20.3. The molecule has 0 fully saturated rings. The topological polar surface area (TPSA) is 143 Å². The van der Waals surface area contributed by atoms with E-state index in [9.17, 15) is 33.7 Å². The molecule has 0 aliphatic rings. The molecule has 0 bridgehead atoms. The van der Waals surface area contributed by atoms with Crippen molar-refractivity contribution in [1.29, 1.82) is 0 Å². The SMILES string of the molecule is Cc1ccc(S(=O)(=O)N(CC(c2ccc(Cl)cc2)N(S(=O)(=O)c2ccc(C)cc2)S(=O)(=O)c2ccc(C)cc2)S(=O)(=O)c2ccc(C)cc2)cc1. The molecule has 51 heavy (non-hydrogen) atoms. The Morgan fingerprint density at radius 3 is 1.00 bits per heavy atom. The van der Waals surface area contributed by atoms with E-state index in [0.29, 0.717) is 22.3 Å². The minimum Gasteiger partial charge on any atom is -0.206 e. The fourth-order valence-electron chi connectivity index (χ4n) is 5.19. The summed E-state index contributed by atoms with van der Waals surface area (Å²) in [7, 11) is -20.2. The van der Waals surface area contributed by atoms with Crippen molar-refractivity contribution in [2.45, 2.75) is 53.3 Å². The molecule has 0 N–H and O–H groups in total. The first-order chi connectivity index (χ1) is 23.8. The number of nitrogens with zero attached hydrogens (tertiary/aromatic N) is 2. The van der Waals surface area contributed by atoms with Crippen LogP contribution in [0.1, 0.15) is 33.9 Å². The van der Waals surface area contributed by atoms with Gasteiger partial charge < -0.3 is 0 Å². The molecule has 0 amide bonds. The fraction of sp³-hybridized carbons (Fsp3) is 0.167. The zero-order valence-electron chi connectivity index (χ0n) is 28.0. The number of hydrogen-bond donors (Lipinski definition) is 0. The molecule has 0 saturated carbocycles. The summed E-state index contributed by atoms with van der Waals surface area (Å²) in [4.78, 5) is -1.66. The van der Waals surface area contributed by atoms with Gasteiger partial charge in [-0.2, -0.15) is 0 Å². The van der Waals surface area contributed by atoms with E-state index in [1.807, 2.05) is 0 Å². The highest BCUT2D eigenvalue weighted by Gasteiger charge is 2.47. The molecule has 1 atom stereocenters. The third kappa shape index (κ3) is 7.97. The standard InChI is InChI=1S/C36H35ClN2O8S4/c1-26-5-17-32(18-6-26)48(40,41)38(49(42,43)33-19-7-27(2)8-20-33)25-36(30-13-15-31(37)16-14-30)39(50(44,45)34-21-9-28(3)10-22-34)51(46,47)35-23-11-29(4)12-24-35/h5-24,36H,25H2,1-4H3. The minimum absolute atomic E-state index is 0.0472. The van der Waals surface area contributed by atoms with Crippen LogP contribution in [0, 0.1) is 27.7 Å². The number of halogens is 1. The normalized spacial score (nSPS) is 13.4. The number of hydrogen-bond acceptors (Lipinski definition) is 8. The highest BCUT2D eigenvalue weighted by atomic mass is 35.5. The summed E-state index contributed by atoms with van der Waals surface area (Å²) in [6.45, 7) is 5.70. The maximum absolute atomic E-state index is 14.7. The Hall–Kier alpha value is -3.89. The Bertz CT molecular complexity index is 2320. The summed E-state index contributed by atoms with van der Waals surface area (Å²) in [6, 6.07) is 25.1. The summed E-state index contributed by atoms with van der Waals surface area (Å²) in [5.41, 5.74) is 2.72. The van der Waals surface area contributed by atoms with Gasteiger partial charge in [-0.15, -0.1) is 0 Å². The quantitative estimate of drug-likeness (QED) is 0.135. The van der Waals surface area contributed by atoms with Crippen LogP contribution in [0.25, 0.3) is 0 Å². The zero-order valence-corrected chi connectivity index (χ0v) is 32.0. The first kappa shape index (κ1) is 38.3. The van der Waals surface area contributed by atoms with E-state index in [1.165, 1.54) is 121 Å². The molecule has 0 saturated heterocycles. The summed E-state index contributed by atoms with van der Waals surface area (Å²) in [6.07, 6.45) is 0. The van der Waals surface area contributed by atoms with Crippen LogP contribution >= 0.6 is 11.6 Å². The van der Waals surface area contributed by atoms with Gasteiger partial charge in [0.05, 0.1) is 32.2 Å². The van der Waals surface area contributed by atoms with E-state index in [0.717, 1.165) is 0 Å². The van der Waals surface area contributed by atoms with Gasteiger partial charge in [-0.05, 0) is 93.9 Å². The van der Waals surface area contributed by atoms with Crippen molar-refractivity contribution in [1.82, 2.24) is 7.42 Å². The molecule has 0 aliphatic carbocycles. The van der Waals surface area contributed by atoms with Crippen molar-refractivity contribution in [3.05, 3.63) is 154 Å². The van der Waals surface area contributed by atoms with Crippen molar-refractivity contribution in [2.75, 3.05) is 6.54 Å². The van der Waals surface area contributed by atoms with Crippen LogP contribution in [0.2, 0.25) is 5.02 Å². The van der Waals surface area contributed by atoms with Crippen molar-refractivity contribution in [2.24, 2.45) is 0 Å².